The van der Waals surface area contributed by atoms with Crippen molar-refractivity contribution in [1.29, 1.82) is 0 Å². The molecule has 6 nitrogen and oxygen atoms in total. The molecule has 0 spiro atoms. The fourth-order valence-electron chi connectivity index (χ4n) is 2.53. The Kier molecular flexibility index (Phi) is 4.90. The molecule has 0 radical (unpaired) electrons. The van der Waals surface area contributed by atoms with Crippen LogP contribution in [0.2, 0.25) is 0 Å². The zero-order valence-electron chi connectivity index (χ0n) is 14.5. The predicted molar refractivity (Wildman–Crippen MR) is 95.9 cm³/mol. The first kappa shape index (κ1) is 16.9. The van der Waals surface area contributed by atoms with Gasteiger partial charge in [-0.15, -0.1) is 5.10 Å². The lowest BCUT2D eigenvalue weighted by Gasteiger charge is -2.09. The predicted octanol–water partition coefficient (Wildman–Crippen LogP) is 3.28. The molecule has 1 amide bonds. The summed E-state index contributed by atoms with van der Waals surface area (Å²) >= 11 is 0. The number of methoxy groups -OCH3 is 1. The lowest BCUT2D eigenvalue weighted by Crippen LogP contribution is -2.16. The number of ether oxygens (including phenoxy) is 1. The highest BCUT2D eigenvalue weighted by Crippen LogP contribution is 2.18. The molecule has 0 bridgehead atoms. The van der Waals surface area contributed by atoms with Crippen molar-refractivity contribution in [2.24, 2.45) is 0 Å². The van der Waals surface area contributed by atoms with E-state index < -0.39 is 0 Å². The molecule has 3 aromatic rings. The van der Waals surface area contributed by atoms with Crippen molar-refractivity contribution in [3.8, 4) is 5.69 Å². The lowest BCUT2D eigenvalue weighted by atomic mass is 10.1. The van der Waals surface area contributed by atoms with E-state index in [-0.39, 0.29) is 18.2 Å². The van der Waals surface area contributed by atoms with Gasteiger partial charge in [-0.2, -0.15) is 0 Å². The number of nitrogens with zero attached hydrogens (tertiary/aromatic N) is 3. The molecule has 0 atom stereocenters. The Labute approximate surface area is 146 Å². The molecular weight excluding hydrogens is 316 g/mol. The van der Waals surface area contributed by atoms with Gasteiger partial charge in [0.05, 0.1) is 12.3 Å². The summed E-state index contributed by atoms with van der Waals surface area (Å²) < 4.78 is 6.87. The topological polar surface area (TPSA) is 69.0 Å². The first-order valence-corrected chi connectivity index (χ1v) is 7.97. The van der Waals surface area contributed by atoms with Gasteiger partial charge in [0.2, 0.25) is 0 Å². The zero-order valence-corrected chi connectivity index (χ0v) is 14.5. The van der Waals surface area contributed by atoms with Crippen molar-refractivity contribution in [2.75, 3.05) is 12.4 Å². The van der Waals surface area contributed by atoms with Crippen LogP contribution in [0, 0.1) is 13.8 Å². The maximum atomic E-state index is 12.7. The molecule has 1 heterocycles. The Morgan fingerprint density at radius 2 is 1.88 bits per heavy atom. The quantitative estimate of drug-likeness (QED) is 0.776. The standard InChI is InChI=1S/C19H20N4O2/c1-13-9-10-15(11-14(13)2)20-19(24)18-17(12-25-3)23(22-21-18)16-7-5-4-6-8-16/h4-11H,12H2,1-3H3,(H,20,24). The van der Waals surface area contributed by atoms with E-state index in [9.17, 15) is 4.79 Å². The van der Waals surface area contributed by atoms with Gasteiger partial charge in [0, 0.05) is 12.8 Å². The number of carbonyl (C=O) groups excluding carboxylic acids is 1. The highest BCUT2D eigenvalue weighted by Gasteiger charge is 2.20. The number of hydrogen-bond donors (Lipinski definition) is 1. The summed E-state index contributed by atoms with van der Waals surface area (Å²) in [5.74, 6) is -0.308. The third-order valence-corrected chi connectivity index (χ3v) is 4.02. The molecule has 0 aliphatic carbocycles. The van der Waals surface area contributed by atoms with Crippen molar-refractivity contribution in [1.82, 2.24) is 15.0 Å². The summed E-state index contributed by atoms with van der Waals surface area (Å²) in [5, 5.41) is 11.1. The Bertz CT molecular complexity index is 888. The van der Waals surface area contributed by atoms with Crippen LogP contribution < -0.4 is 5.32 Å². The summed E-state index contributed by atoms with van der Waals surface area (Å²) in [6.07, 6.45) is 0. The molecule has 0 saturated carbocycles. The number of aromatic nitrogens is 3. The average Bonchev–Trinajstić information content (AvgIpc) is 3.03. The second-order valence-electron chi connectivity index (χ2n) is 5.82. The Hall–Kier alpha value is -2.99. The van der Waals surface area contributed by atoms with Crippen molar-refractivity contribution in [3.63, 3.8) is 0 Å². The molecule has 0 fully saturated rings. The molecule has 1 N–H and O–H groups in total. The van der Waals surface area contributed by atoms with E-state index >= 15 is 0 Å². The summed E-state index contributed by atoms with van der Waals surface area (Å²) in [5.41, 5.74) is 4.70. The number of amides is 1. The number of nitrogens with one attached hydrogen (secondary N) is 1. The van der Waals surface area contributed by atoms with Crippen LogP contribution in [0.5, 0.6) is 0 Å². The highest BCUT2D eigenvalue weighted by atomic mass is 16.5. The van der Waals surface area contributed by atoms with Crippen LogP contribution >= 0.6 is 0 Å². The maximum absolute atomic E-state index is 12.7. The normalized spacial score (nSPS) is 10.7. The van der Waals surface area contributed by atoms with Crippen molar-refractivity contribution in [2.45, 2.75) is 20.5 Å². The van der Waals surface area contributed by atoms with E-state index in [2.05, 4.69) is 15.6 Å². The monoisotopic (exact) mass is 336 g/mol. The zero-order chi connectivity index (χ0) is 17.8. The largest absolute Gasteiger partial charge is 0.378 e. The number of anilines is 1. The molecule has 1 aromatic heterocycles. The minimum atomic E-state index is -0.308. The van der Waals surface area contributed by atoms with Gasteiger partial charge in [0.1, 0.15) is 5.69 Å². The number of aryl methyl sites for hydroxylation is 2. The van der Waals surface area contributed by atoms with Gasteiger partial charge in [0.25, 0.3) is 5.91 Å². The first-order chi connectivity index (χ1) is 12.1. The molecule has 6 heteroatoms. The smallest absolute Gasteiger partial charge is 0.278 e. The Balaban J connectivity index is 1.92. The number of benzene rings is 2. The van der Waals surface area contributed by atoms with E-state index in [1.165, 1.54) is 5.56 Å². The first-order valence-electron chi connectivity index (χ1n) is 7.97. The molecule has 2 aromatic carbocycles. The summed E-state index contributed by atoms with van der Waals surface area (Å²) in [6.45, 7) is 4.27. The number of rotatable bonds is 5. The third-order valence-electron chi connectivity index (χ3n) is 4.02. The van der Waals surface area contributed by atoms with Crippen molar-refractivity contribution >= 4 is 11.6 Å². The van der Waals surface area contributed by atoms with Gasteiger partial charge in [-0.25, -0.2) is 4.68 Å². The average molecular weight is 336 g/mol. The lowest BCUT2D eigenvalue weighted by molar-refractivity contribution is 0.101. The van der Waals surface area contributed by atoms with E-state index in [0.717, 1.165) is 16.9 Å². The van der Waals surface area contributed by atoms with Gasteiger partial charge < -0.3 is 10.1 Å². The van der Waals surface area contributed by atoms with Gasteiger partial charge in [-0.05, 0) is 49.2 Å². The highest BCUT2D eigenvalue weighted by molar-refractivity contribution is 6.03. The SMILES string of the molecule is COCc1c(C(=O)Nc2ccc(C)c(C)c2)nnn1-c1ccccc1. The van der Waals surface area contributed by atoms with Gasteiger partial charge >= 0.3 is 0 Å². The molecule has 128 valence electrons. The number of hydrogen-bond acceptors (Lipinski definition) is 4. The van der Waals surface area contributed by atoms with Gasteiger partial charge in [-0.1, -0.05) is 29.5 Å². The summed E-state index contributed by atoms with van der Waals surface area (Å²) in [7, 11) is 1.58. The Morgan fingerprint density at radius 1 is 1.12 bits per heavy atom. The van der Waals surface area contributed by atoms with E-state index in [1.807, 2.05) is 62.4 Å². The van der Waals surface area contributed by atoms with Crippen LogP contribution in [0.4, 0.5) is 5.69 Å². The van der Waals surface area contributed by atoms with Crippen molar-refractivity contribution < 1.29 is 9.53 Å². The van der Waals surface area contributed by atoms with Gasteiger partial charge in [0.15, 0.2) is 5.69 Å². The maximum Gasteiger partial charge on any atom is 0.278 e. The molecule has 0 aliphatic rings. The minimum absolute atomic E-state index is 0.234. The third kappa shape index (κ3) is 3.59. The molecule has 0 saturated heterocycles. The van der Waals surface area contributed by atoms with E-state index in [4.69, 9.17) is 4.74 Å². The fourth-order valence-corrected chi connectivity index (χ4v) is 2.53. The van der Waals surface area contributed by atoms with Crippen LogP contribution in [-0.4, -0.2) is 28.0 Å². The fraction of sp³-hybridized carbons (Fsp3) is 0.211. The number of carbonyl (C=O) groups is 1. The molecule has 0 aliphatic heterocycles. The van der Waals surface area contributed by atoms with Crippen LogP contribution in [-0.2, 0) is 11.3 Å². The molecule has 3 rings (SSSR count). The van der Waals surface area contributed by atoms with Crippen molar-refractivity contribution in [3.05, 3.63) is 71.0 Å². The van der Waals surface area contributed by atoms with E-state index in [0.29, 0.717) is 5.69 Å². The van der Waals surface area contributed by atoms with Crippen LogP contribution in [0.25, 0.3) is 5.69 Å². The minimum Gasteiger partial charge on any atom is -0.378 e. The summed E-state index contributed by atoms with van der Waals surface area (Å²) in [4.78, 5) is 12.7. The van der Waals surface area contributed by atoms with E-state index in [1.54, 1.807) is 11.8 Å². The summed E-state index contributed by atoms with van der Waals surface area (Å²) in [6, 6.07) is 15.3. The van der Waals surface area contributed by atoms with Crippen LogP contribution in [0.1, 0.15) is 27.3 Å². The number of para-hydroxylation sites is 1. The second kappa shape index (κ2) is 7.27. The van der Waals surface area contributed by atoms with Crippen LogP contribution in [0.15, 0.2) is 48.5 Å². The second-order valence-corrected chi connectivity index (χ2v) is 5.82. The molecule has 25 heavy (non-hydrogen) atoms. The Morgan fingerprint density at radius 3 is 2.56 bits per heavy atom. The van der Waals surface area contributed by atoms with Crippen LogP contribution in [0.3, 0.4) is 0 Å². The van der Waals surface area contributed by atoms with Gasteiger partial charge in [-0.3, -0.25) is 4.79 Å². The molecule has 0 unspecified atom stereocenters. The molecular formula is C19H20N4O2.